The molecule has 0 aliphatic heterocycles. The van der Waals surface area contributed by atoms with E-state index in [2.05, 4.69) is 179 Å². The number of hydrogen-bond donors (Lipinski definition) is 0. The smallest absolute Gasteiger partial charge is 0.0561 e. The van der Waals surface area contributed by atoms with Gasteiger partial charge in [0.05, 0.1) is 16.7 Å². The molecule has 2 nitrogen and oxygen atoms in total. The molecule has 10 rings (SSSR count). The minimum atomic E-state index is 1.12. The Morgan fingerprint density at radius 1 is 0.391 bits per heavy atom. The van der Waals surface area contributed by atoms with Crippen molar-refractivity contribution in [3.63, 3.8) is 0 Å². The van der Waals surface area contributed by atoms with Crippen LogP contribution in [0.1, 0.15) is 0 Å². The Morgan fingerprint density at radius 2 is 1.07 bits per heavy atom. The molecule has 0 amide bonds. The van der Waals surface area contributed by atoms with E-state index in [0.29, 0.717) is 0 Å². The third-order valence-electron chi connectivity index (χ3n) is 9.66. The van der Waals surface area contributed by atoms with E-state index < -0.39 is 0 Å². The van der Waals surface area contributed by atoms with Gasteiger partial charge >= 0.3 is 0 Å². The molecule has 0 unspecified atom stereocenters. The highest BCUT2D eigenvalue weighted by molar-refractivity contribution is 6.26. The molecule has 1 aliphatic rings. The summed E-state index contributed by atoms with van der Waals surface area (Å²) in [6.07, 6.45) is 0. The van der Waals surface area contributed by atoms with Gasteiger partial charge in [0, 0.05) is 39.0 Å². The average molecular weight is 585 g/mol. The van der Waals surface area contributed by atoms with E-state index in [1.165, 1.54) is 71.3 Å². The third kappa shape index (κ3) is 3.53. The Morgan fingerprint density at radius 3 is 1.93 bits per heavy atom. The van der Waals surface area contributed by atoms with Crippen LogP contribution in [0.2, 0.25) is 0 Å². The molecule has 0 spiro atoms. The SMILES string of the molecule is c1ccc(N(c2ccc3c4ccccc4n(-c4ccccc4)c3c2)c2cccc3c2-c2c4ccccc4cc4cccc-3c24)cc1. The van der Waals surface area contributed by atoms with Crippen molar-refractivity contribution in [2.45, 2.75) is 0 Å². The fourth-order valence-corrected chi connectivity index (χ4v) is 7.78. The van der Waals surface area contributed by atoms with Gasteiger partial charge < -0.3 is 9.47 Å². The molecule has 0 N–H and O–H groups in total. The van der Waals surface area contributed by atoms with E-state index in [9.17, 15) is 0 Å². The maximum atomic E-state index is 2.45. The van der Waals surface area contributed by atoms with Crippen LogP contribution in [0.25, 0.3) is 71.3 Å². The second-order valence-corrected chi connectivity index (χ2v) is 12.1. The predicted molar refractivity (Wildman–Crippen MR) is 195 cm³/mol. The average Bonchev–Trinajstić information content (AvgIpc) is 3.64. The Balaban J connectivity index is 1.30. The molecular formula is C44H28N2. The Bertz CT molecular complexity index is 2630. The first-order valence-corrected chi connectivity index (χ1v) is 15.9. The fourth-order valence-electron chi connectivity index (χ4n) is 7.78. The van der Waals surface area contributed by atoms with Crippen molar-refractivity contribution in [3.05, 3.63) is 170 Å². The summed E-state index contributed by atoms with van der Waals surface area (Å²) in [6, 6.07) is 61.9. The van der Waals surface area contributed by atoms with Gasteiger partial charge in [0.25, 0.3) is 0 Å². The van der Waals surface area contributed by atoms with E-state index in [-0.39, 0.29) is 0 Å². The van der Waals surface area contributed by atoms with Crippen LogP contribution in [0.15, 0.2) is 170 Å². The summed E-state index contributed by atoms with van der Waals surface area (Å²) in [5, 5.41) is 7.70. The Hall–Kier alpha value is -6.12. The molecule has 0 fully saturated rings. The van der Waals surface area contributed by atoms with Gasteiger partial charge in [0.2, 0.25) is 0 Å². The molecular weight excluding hydrogens is 556 g/mol. The molecule has 0 saturated carbocycles. The normalized spacial score (nSPS) is 11.9. The van der Waals surface area contributed by atoms with Gasteiger partial charge in [0.1, 0.15) is 0 Å². The van der Waals surface area contributed by atoms with Gasteiger partial charge in [-0.1, -0.05) is 115 Å². The summed E-state index contributed by atoms with van der Waals surface area (Å²) < 4.78 is 2.40. The van der Waals surface area contributed by atoms with Crippen molar-refractivity contribution >= 4 is 60.4 Å². The van der Waals surface area contributed by atoms with Crippen molar-refractivity contribution in [2.24, 2.45) is 0 Å². The van der Waals surface area contributed by atoms with Crippen LogP contribution >= 0.6 is 0 Å². The number of fused-ring (bicyclic) bond motifs is 8. The summed E-state index contributed by atoms with van der Waals surface area (Å²) >= 11 is 0. The highest BCUT2D eigenvalue weighted by Crippen LogP contribution is 2.55. The Kier molecular flexibility index (Phi) is 5.31. The third-order valence-corrected chi connectivity index (χ3v) is 9.66. The number of nitrogens with zero attached hydrogens (tertiary/aromatic N) is 2. The fraction of sp³-hybridized carbons (Fsp3) is 0. The lowest BCUT2D eigenvalue weighted by Crippen LogP contribution is -2.11. The molecule has 0 bridgehead atoms. The van der Waals surface area contributed by atoms with Gasteiger partial charge in [-0.05, 0) is 87.3 Å². The zero-order chi connectivity index (χ0) is 30.2. The van der Waals surface area contributed by atoms with Gasteiger partial charge in [-0.15, -0.1) is 0 Å². The second kappa shape index (κ2) is 9.69. The second-order valence-electron chi connectivity index (χ2n) is 12.1. The quantitative estimate of drug-likeness (QED) is 0.187. The van der Waals surface area contributed by atoms with Crippen LogP contribution in [-0.4, -0.2) is 4.57 Å². The molecule has 1 aromatic heterocycles. The highest BCUT2D eigenvalue weighted by Gasteiger charge is 2.29. The minimum Gasteiger partial charge on any atom is -0.310 e. The molecule has 9 aromatic rings. The van der Waals surface area contributed by atoms with Crippen molar-refractivity contribution in [2.75, 3.05) is 4.90 Å². The van der Waals surface area contributed by atoms with E-state index in [1.807, 2.05) is 0 Å². The van der Waals surface area contributed by atoms with Gasteiger partial charge in [-0.2, -0.15) is 0 Å². The van der Waals surface area contributed by atoms with Crippen LogP contribution in [0.3, 0.4) is 0 Å². The number of aromatic nitrogens is 1. The summed E-state index contributed by atoms with van der Waals surface area (Å²) in [4.78, 5) is 2.45. The summed E-state index contributed by atoms with van der Waals surface area (Å²) in [5.74, 6) is 0. The van der Waals surface area contributed by atoms with Gasteiger partial charge in [-0.3, -0.25) is 0 Å². The highest BCUT2D eigenvalue weighted by atomic mass is 15.1. The molecule has 214 valence electrons. The zero-order valence-electron chi connectivity index (χ0n) is 25.1. The van der Waals surface area contributed by atoms with Crippen molar-refractivity contribution < 1.29 is 0 Å². The number of rotatable bonds is 4. The summed E-state index contributed by atoms with van der Waals surface area (Å²) in [5.41, 5.74) is 12.2. The maximum absolute atomic E-state index is 2.45. The van der Waals surface area contributed by atoms with Gasteiger partial charge in [0.15, 0.2) is 0 Å². The lowest BCUT2D eigenvalue weighted by Gasteiger charge is -2.28. The molecule has 1 aliphatic carbocycles. The van der Waals surface area contributed by atoms with E-state index >= 15 is 0 Å². The number of para-hydroxylation sites is 3. The van der Waals surface area contributed by atoms with Crippen LogP contribution in [0.4, 0.5) is 17.1 Å². The first-order chi connectivity index (χ1) is 22.8. The molecule has 46 heavy (non-hydrogen) atoms. The minimum absolute atomic E-state index is 1.12. The largest absolute Gasteiger partial charge is 0.310 e. The van der Waals surface area contributed by atoms with Crippen LogP contribution in [0.5, 0.6) is 0 Å². The van der Waals surface area contributed by atoms with Crippen LogP contribution in [0, 0.1) is 0 Å². The molecule has 0 saturated heterocycles. The zero-order valence-corrected chi connectivity index (χ0v) is 25.1. The molecule has 0 atom stereocenters. The predicted octanol–water partition coefficient (Wildman–Crippen LogP) is 12.2. The molecule has 8 aromatic carbocycles. The molecule has 1 heterocycles. The maximum Gasteiger partial charge on any atom is 0.0561 e. The number of anilines is 3. The summed E-state index contributed by atoms with van der Waals surface area (Å²) in [7, 11) is 0. The standard InChI is InChI=1S/C44H28N2/c1-3-15-31(16-4-1)45(33-25-26-36-35-20-9-10-23-39(35)46(41(36)28-33)32-17-5-2-6-18-32)40-24-12-22-38-37-21-11-14-30-27-29-13-7-8-19-34(29)44(42(30)37)43(38)40/h1-28H. The summed E-state index contributed by atoms with van der Waals surface area (Å²) in [6.45, 7) is 0. The topological polar surface area (TPSA) is 8.17 Å². The van der Waals surface area contributed by atoms with E-state index in [1.54, 1.807) is 0 Å². The van der Waals surface area contributed by atoms with Crippen molar-refractivity contribution in [3.8, 4) is 27.9 Å². The molecule has 2 heteroatoms. The lowest BCUT2D eigenvalue weighted by molar-refractivity contribution is 1.18. The monoisotopic (exact) mass is 584 g/mol. The number of benzene rings is 8. The van der Waals surface area contributed by atoms with E-state index in [0.717, 1.165) is 17.1 Å². The first-order valence-electron chi connectivity index (χ1n) is 15.9. The Labute approximate surface area is 267 Å². The molecule has 0 radical (unpaired) electrons. The van der Waals surface area contributed by atoms with Crippen LogP contribution in [-0.2, 0) is 0 Å². The number of hydrogen-bond acceptors (Lipinski definition) is 1. The van der Waals surface area contributed by atoms with Gasteiger partial charge in [-0.25, -0.2) is 0 Å². The van der Waals surface area contributed by atoms with Crippen molar-refractivity contribution in [1.29, 1.82) is 0 Å². The lowest BCUT2D eigenvalue weighted by atomic mass is 9.94. The van der Waals surface area contributed by atoms with Crippen molar-refractivity contribution in [1.82, 2.24) is 4.57 Å². The first kappa shape index (κ1) is 25.2. The van der Waals surface area contributed by atoms with Crippen LogP contribution < -0.4 is 4.90 Å². The van der Waals surface area contributed by atoms with E-state index in [4.69, 9.17) is 0 Å².